The number of hydrogen-bond acceptors (Lipinski definition) is 5. The fraction of sp³-hybridized carbons (Fsp3) is 0.217. The number of halogens is 1. The smallest absolute Gasteiger partial charge is 0.224 e. The maximum absolute atomic E-state index is 11.3. The highest BCUT2D eigenvalue weighted by atomic mass is 35.5. The van der Waals surface area contributed by atoms with E-state index in [1.807, 2.05) is 42.5 Å². The Morgan fingerprint density at radius 2 is 1.94 bits per heavy atom. The van der Waals surface area contributed by atoms with Crippen LogP contribution in [0.4, 0.5) is 0 Å². The lowest BCUT2D eigenvalue weighted by molar-refractivity contribution is 0.416. The van der Waals surface area contributed by atoms with Gasteiger partial charge in [-0.25, -0.2) is 4.98 Å². The second kappa shape index (κ2) is 7.00. The number of benzene rings is 2. The monoisotopic (exact) mass is 452 g/mol. The van der Waals surface area contributed by atoms with Gasteiger partial charge in [0.25, 0.3) is 0 Å². The Morgan fingerprint density at radius 1 is 1.16 bits per heavy atom. The molecule has 3 heterocycles. The first-order chi connectivity index (χ1) is 14.8. The zero-order chi connectivity index (χ0) is 21.9. The lowest BCUT2D eigenvalue weighted by atomic mass is 9.89. The van der Waals surface area contributed by atoms with Crippen LogP contribution in [0.1, 0.15) is 26.5 Å². The fourth-order valence-corrected chi connectivity index (χ4v) is 5.12. The molecule has 0 saturated carbocycles. The molecule has 5 rings (SSSR count). The van der Waals surface area contributed by atoms with Gasteiger partial charge in [0.05, 0.1) is 34.1 Å². The van der Waals surface area contributed by atoms with Crippen molar-refractivity contribution < 1.29 is 9.84 Å². The van der Waals surface area contributed by atoms with Gasteiger partial charge >= 0.3 is 0 Å². The lowest BCUT2D eigenvalue weighted by Gasteiger charge is -2.17. The van der Waals surface area contributed by atoms with Crippen molar-refractivity contribution >= 4 is 44.1 Å². The molecule has 5 aromatic rings. The first-order valence-corrected chi connectivity index (χ1v) is 11.0. The minimum absolute atomic E-state index is 0.0593. The number of methoxy groups -OCH3 is 1. The van der Waals surface area contributed by atoms with Crippen molar-refractivity contribution in [2.24, 2.45) is 0 Å². The number of aromatic nitrogens is 4. The van der Waals surface area contributed by atoms with Crippen LogP contribution in [0.5, 0.6) is 11.6 Å². The van der Waals surface area contributed by atoms with Crippen LogP contribution in [-0.2, 0) is 5.41 Å². The summed E-state index contributed by atoms with van der Waals surface area (Å²) in [6, 6.07) is 13.3. The number of fused-ring (bicyclic) bond motifs is 2. The number of para-hydroxylation sites is 1. The van der Waals surface area contributed by atoms with E-state index in [2.05, 4.69) is 31.0 Å². The van der Waals surface area contributed by atoms with Crippen LogP contribution < -0.4 is 4.74 Å². The van der Waals surface area contributed by atoms with E-state index < -0.39 is 0 Å². The van der Waals surface area contributed by atoms with Crippen LogP contribution in [0, 0.1) is 0 Å². The van der Waals surface area contributed by atoms with Gasteiger partial charge in [0, 0.05) is 16.0 Å². The lowest BCUT2D eigenvalue weighted by Crippen LogP contribution is -2.12. The highest BCUT2D eigenvalue weighted by Gasteiger charge is 2.31. The molecule has 0 fully saturated rings. The van der Waals surface area contributed by atoms with E-state index in [0.29, 0.717) is 21.4 Å². The minimum Gasteiger partial charge on any atom is -0.496 e. The average molecular weight is 453 g/mol. The van der Waals surface area contributed by atoms with Gasteiger partial charge in [0.1, 0.15) is 11.3 Å². The maximum Gasteiger partial charge on any atom is 0.224 e. The van der Waals surface area contributed by atoms with Crippen LogP contribution in [0.15, 0.2) is 42.5 Å². The number of aromatic amines is 1. The topological polar surface area (TPSA) is 76.0 Å². The summed E-state index contributed by atoms with van der Waals surface area (Å²) < 4.78 is 8.38. The quantitative estimate of drug-likeness (QED) is 0.337. The van der Waals surface area contributed by atoms with E-state index in [0.717, 1.165) is 32.6 Å². The van der Waals surface area contributed by atoms with E-state index in [1.165, 1.54) is 11.3 Å². The molecule has 0 spiro atoms. The normalized spacial score (nSPS) is 12.2. The summed E-state index contributed by atoms with van der Waals surface area (Å²) in [7, 11) is 1.64. The van der Waals surface area contributed by atoms with Gasteiger partial charge in [-0.15, -0.1) is 0 Å². The van der Waals surface area contributed by atoms with Gasteiger partial charge in [0.15, 0.2) is 5.13 Å². The van der Waals surface area contributed by atoms with Gasteiger partial charge in [0.2, 0.25) is 5.88 Å². The third-order valence-electron chi connectivity index (χ3n) is 5.27. The van der Waals surface area contributed by atoms with Crippen molar-refractivity contribution in [2.75, 3.05) is 7.11 Å². The number of hydrogen-bond donors (Lipinski definition) is 2. The molecule has 0 saturated heterocycles. The molecule has 2 aromatic carbocycles. The Balaban J connectivity index is 1.92. The number of rotatable bonds is 3. The molecule has 158 valence electrons. The van der Waals surface area contributed by atoms with Crippen molar-refractivity contribution in [1.82, 2.24) is 19.7 Å². The molecule has 6 nitrogen and oxygen atoms in total. The Bertz CT molecular complexity index is 1440. The maximum atomic E-state index is 11.3. The summed E-state index contributed by atoms with van der Waals surface area (Å²) >= 11 is 7.65. The van der Waals surface area contributed by atoms with Crippen molar-refractivity contribution in [3.05, 3.63) is 53.2 Å². The molecule has 0 radical (unpaired) electrons. The van der Waals surface area contributed by atoms with Crippen LogP contribution in [0.3, 0.4) is 0 Å². The third-order valence-corrected chi connectivity index (χ3v) is 6.50. The molecule has 2 N–H and O–H groups in total. The Kier molecular flexibility index (Phi) is 4.50. The van der Waals surface area contributed by atoms with Crippen molar-refractivity contribution in [3.63, 3.8) is 0 Å². The highest BCUT2D eigenvalue weighted by molar-refractivity contribution is 7.20. The number of aromatic hydroxyl groups is 1. The standard InChI is InChI=1S/C23H21ClN4O2S/c1-23(2,3)20-17-18(26-27-20)21(29)28(19(17)13-7-5-6-8-15(13)30-4)22-25-14-10-9-12(24)11-16(14)31-22/h5-11,26,29H,1-4H3. The first kappa shape index (κ1) is 19.9. The molecule has 3 aromatic heterocycles. The largest absolute Gasteiger partial charge is 0.496 e. The molecule has 0 unspecified atom stereocenters. The van der Waals surface area contributed by atoms with Gasteiger partial charge in [-0.3, -0.25) is 9.67 Å². The van der Waals surface area contributed by atoms with Crippen molar-refractivity contribution in [1.29, 1.82) is 0 Å². The Morgan fingerprint density at radius 3 is 2.68 bits per heavy atom. The van der Waals surface area contributed by atoms with E-state index in [4.69, 9.17) is 21.3 Å². The fourth-order valence-electron chi connectivity index (χ4n) is 3.87. The molecular formula is C23H21ClN4O2S. The van der Waals surface area contributed by atoms with Gasteiger partial charge in [-0.1, -0.05) is 55.8 Å². The second-order valence-corrected chi connectivity index (χ2v) is 9.83. The van der Waals surface area contributed by atoms with Gasteiger partial charge in [-0.2, -0.15) is 5.10 Å². The van der Waals surface area contributed by atoms with E-state index in [1.54, 1.807) is 11.7 Å². The number of nitrogens with zero attached hydrogens (tertiary/aromatic N) is 3. The average Bonchev–Trinajstić information content (AvgIpc) is 3.40. The Labute approximate surface area is 188 Å². The van der Waals surface area contributed by atoms with Gasteiger partial charge < -0.3 is 9.84 Å². The third kappa shape index (κ3) is 3.07. The van der Waals surface area contributed by atoms with Crippen LogP contribution >= 0.6 is 22.9 Å². The van der Waals surface area contributed by atoms with Crippen LogP contribution in [0.25, 0.3) is 37.5 Å². The van der Waals surface area contributed by atoms with E-state index in [-0.39, 0.29) is 11.3 Å². The first-order valence-electron chi connectivity index (χ1n) is 9.81. The number of nitrogens with one attached hydrogen (secondary N) is 1. The summed E-state index contributed by atoms with van der Waals surface area (Å²) in [5, 5.41) is 21.0. The van der Waals surface area contributed by atoms with Crippen molar-refractivity contribution in [2.45, 2.75) is 26.2 Å². The zero-order valence-corrected chi connectivity index (χ0v) is 19.1. The molecule has 31 heavy (non-hydrogen) atoms. The Hall–Kier alpha value is -3.03. The molecule has 0 bridgehead atoms. The summed E-state index contributed by atoms with van der Waals surface area (Å²) in [6.45, 7) is 6.30. The molecule has 0 aliphatic rings. The predicted molar refractivity (Wildman–Crippen MR) is 126 cm³/mol. The van der Waals surface area contributed by atoms with E-state index >= 15 is 0 Å². The molecule has 0 atom stereocenters. The molecule has 8 heteroatoms. The SMILES string of the molecule is COc1ccccc1-c1c2c(C(C)(C)C)n[nH]c2c(O)n1-c1nc2ccc(Cl)cc2s1. The number of thiazole rings is 1. The van der Waals surface area contributed by atoms with Crippen molar-refractivity contribution in [3.8, 4) is 28.0 Å². The molecule has 0 aliphatic carbocycles. The highest BCUT2D eigenvalue weighted by Crippen LogP contribution is 2.46. The van der Waals surface area contributed by atoms with Crippen LogP contribution in [-0.4, -0.2) is 32.0 Å². The molecule has 0 amide bonds. The summed E-state index contributed by atoms with van der Waals surface area (Å²) in [6.07, 6.45) is 0. The van der Waals surface area contributed by atoms with Crippen LogP contribution in [0.2, 0.25) is 5.02 Å². The molecular weight excluding hydrogens is 432 g/mol. The predicted octanol–water partition coefficient (Wildman–Crippen LogP) is 6.30. The summed E-state index contributed by atoms with van der Waals surface area (Å²) in [4.78, 5) is 4.78. The molecule has 0 aliphatic heterocycles. The van der Waals surface area contributed by atoms with E-state index in [9.17, 15) is 5.11 Å². The number of H-pyrrole nitrogens is 1. The second-order valence-electron chi connectivity index (χ2n) is 8.39. The summed E-state index contributed by atoms with van der Waals surface area (Å²) in [5.41, 5.74) is 3.65. The minimum atomic E-state index is -0.241. The summed E-state index contributed by atoms with van der Waals surface area (Å²) in [5.74, 6) is 0.762. The number of ether oxygens (including phenoxy) is 1. The van der Waals surface area contributed by atoms with Gasteiger partial charge in [-0.05, 0) is 30.3 Å². The zero-order valence-electron chi connectivity index (χ0n) is 17.5.